The van der Waals surface area contributed by atoms with E-state index in [9.17, 15) is 0 Å². The van der Waals surface area contributed by atoms with Crippen molar-refractivity contribution in [2.24, 2.45) is 0 Å². The summed E-state index contributed by atoms with van der Waals surface area (Å²) in [5.41, 5.74) is 3.27. The summed E-state index contributed by atoms with van der Waals surface area (Å²) in [6.07, 6.45) is 7.91. The molecule has 0 saturated carbocycles. The number of thioether (sulfide) groups is 1. The molecule has 0 aromatic heterocycles. The summed E-state index contributed by atoms with van der Waals surface area (Å²) in [5.74, 6) is 0. The predicted octanol–water partition coefficient (Wildman–Crippen LogP) is 5.40. The summed E-state index contributed by atoms with van der Waals surface area (Å²) in [5, 5.41) is 2.05. The molecule has 0 atom stereocenters. The Labute approximate surface area is 104 Å². The zero-order valence-electron chi connectivity index (χ0n) is 10.4. The van der Waals surface area contributed by atoms with Gasteiger partial charge in [0.1, 0.15) is 0 Å². The average molecular weight is 232 g/mol. The minimum atomic E-state index is 1.02. The molecule has 0 aliphatic heterocycles. The molecule has 0 aliphatic rings. The Kier molecular flexibility index (Phi) is 7.40. The predicted molar refractivity (Wildman–Crippen MR) is 78.4 cm³/mol. The Morgan fingerprint density at radius 3 is 2.25 bits per heavy atom. The van der Waals surface area contributed by atoms with Crippen molar-refractivity contribution in [2.75, 3.05) is 0 Å². The molecule has 0 rings (SSSR count). The zero-order chi connectivity index (χ0) is 12.6. The molecular formula is C15H20S. The van der Waals surface area contributed by atoms with Crippen molar-refractivity contribution >= 4 is 11.8 Å². The van der Waals surface area contributed by atoms with Crippen LogP contribution in [0.1, 0.15) is 20.8 Å². The van der Waals surface area contributed by atoms with Gasteiger partial charge in [0.15, 0.2) is 0 Å². The van der Waals surface area contributed by atoms with E-state index in [1.165, 1.54) is 0 Å². The van der Waals surface area contributed by atoms with Crippen LogP contribution in [0.3, 0.4) is 0 Å². The van der Waals surface area contributed by atoms with Gasteiger partial charge in [-0.1, -0.05) is 61.4 Å². The van der Waals surface area contributed by atoms with Gasteiger partial charge in [-0.15, -0.1) is 0 Å². The first-order valence-electron chi connectivity index (χ1n) is 5.16. The number of rotatable bonds is 6. The summed E-state index contributed by atoms with van der Waals surface area (Å²) in [4.78, 5) is 1.02. The van der Waals surface area contributed by atoms with Gasteiger partial charge >= 0.3 is 0 Å². The molecule has 0 spiro atoms. The summed E-state index contributed by atoms with van der Waals surface area (Å²) >= 11 is 1.61. The third-order valence-corrected chi connectivity index (χ3v) is 2.79. The van der Waals surface area contributed by atoms with E-state index < -0.39 is 0 Å². The second-order valence-electron chi connectivity index (χ2n) is 3.55. The lowest BCUT2D eigenvalue weighted by molar-refractivity contribution is 1.50. The van der Waals surface area contributed by atoms with E-state index in [2.05, 4.69) is 19.7 Å². The van der Waals surface area contributed by atoms with Crippen LogP contribution in [0.2, 0.25) is 0 Å². The quantitative estimate of drug-likeness (QED) is 0.552. The molecule has 0 aromatic carbocycles. The van der Waals surface area contributed by atoms with E-state index in [1.807, 2.05) is 50.5 Å². The number of allylic oxidation sites excluding steroid dienone is 7. The van der Waals surface area contributed by atoms with Crippen LogP contribution in [0.5, 0.6) is 0 Å². The van der Waals surface area contributed by atoms with Crippen molar-refractivity contribution in [3.05, 3.63) is 71.1 Å². The van der Waals surface area contributed by atoms with Crippen LogP contribution in [0.4, 0.5) is 0 Å². The van der Waals surface area contributed by atoms with Crippen LogP contribution in [-0.4, -0.2) is 0 Å². The van der Waals surface area contributed by atoms with E-state index in [-0.39, 0.29) is 0 Å². The van der Waals surface area contributed by atoms with Crippen LogP contribution < -0.4 is 0 Å². The van der Waals surface area contributed by atoms with Crippen LogP contribution in [0.15, 0.2) is 71.1 Å². The maximum atomic E-state index is 4.06. The first kappa shape index (κ1) is 14.8. The molecule has 16 heavy (non-hydrogen) atoms. The summed E-state index contributed by atoms with van der Waals surface area (Å²) < 4.78 is 0. The lowest BCUT2D eigenvalue weighted by atomic mass is 10.1. The highest BCUT2D eigenvalue weighted by atomic mass is 32.2. The largest absolute Gasteiger partial charge is 0.0988 e. The maximum Gasteiger partial charge on any atom is 0.0116 e. The minimum absolute atomic E-state index is 1.02. The Bertz CT molecular complexity index is 365. The molecule has 0 amide bonds. The van der Waals surface area contributed by atoms with Gasteiger partial charge < -0.3 is 0 Å². The van der Waals surface area contributed by atoms with Gasteiger partial charge in [0.05, 0.1) is 0 Å². The maximum absolute atomic E-state index is 4.06. The molecule has 1 heteroatoms. The van der Waals surface area contributed by atoms with Gasteiger partial charge in [-0.05, 0) is 37.3 Å². The molecule has 0 N–H and O–H groups in total. The Morgan fingerprint density at radius 1 is 1.19 bits per heavy atom. The first-order chi connectivity index (χ1) is 7.51. The topological polar surface area (TPSA) is 0 Å². The van der Waals surface area contributed by atoms with Crippen LogP contribution in [0, 0.1) is 0 Å². The Hall–Kier alpha value is -1.21. The Morgan fingerprint density at radius 2 is 1.81 bits per heavy atom. The number of hydrogen-bond donors (Lipinski definition) is 0. The molecule has 0 heterocycles. The van der Waals surface area contributed by atoms with Crippen molar-refractivity contribution in [3.63, 3.8) is 0 Å². The van der Waals surface area contributed by atoms with Gasteiger partial charge in [-0.25, -0.2) is 0 Å². The van der Waals surface area contributed by atoms with Gasteiger partial charge in [0, 0.05) is 4.91 Å². The van der Waals surface area contributed by atoms with Gasteiger partial charge in [-0.3, -0.25) is 0 Å². The van der Waals surface area contributed by atoms with Gasteiger partial charge in [-0.2, -0.15) is 0 Å². The first-order valence-corrected chi connectivity index (χ1v) is 6.04. The summed E-state index contributed by atoms with van der Waals surface area (Å²) in [6, 6.07) is 0. The van der Waals surface area contributed by atoms with Crippen molar-refractivity contribution in [1.82, 2.24) is 0 Å². The zero-order valence-corrected chi connectivity index (χ0v) is 11.2. The lowest BCUT2D eigenvalue weighted by Gasteiger charge is -2.04. The van der Waals surface area contributed by atoms with E-state index in [1.54, 1.807) is 11.8 Å². The molecule has 0 nitrogen and oxygen atoms in total. The molecule has 86 valence electrons. The van der Waals surface area contributed by atoms with E-state index in [0.717, 1.165) is 21.6 Å². The standard InChI is InChI=1S/C15H20S/c1-7-9-15(10-12(3)4)14(6)16-11-13(5)8-2/h7-11H,2-3,6H2,1,4-5H3/b9-7-,13-11+,15-10+. The van der Waals surface area contributed by atoms with E-state index in [0.29, 0.717) is 0 Å². The van der Waals surface area contributed by atoms with Gasteiger partial charge in [0.2, 0.25) is 0 Å². The molecule has 0 aromatic rings. The van der Waals surface area contributed by atoms with Crippen LogP contribution in [-0.2, 0) is 0 Å². The monoisotopic (exact) mass is 232 g/mol. The second-order valence-corrected chi connectivity index (χ2v) is 4.52. The van der Waals surface area contributed by atoms with Crippen LogP contribution >= 0.6 is 11.8 Å². The van der Waals surface area contributed by atoms with Crippen molar-refractivity contribution in [1.29, 1.82) is 0 Å². The highest BCUT2D eigenvalue weighted by Crippen LogP contribution is 2.26. The normalized spacial score (nSPS) is 12.9. The smallest absolute Gasteiger partial charge is 0.0116 e. The average Bonchev–Trinajstić information content (AvgIpc) is 2.24. The fourth-order valence-electron chi connectivity index (χ4n) is 0.947. The van der Waals surface area contributed by atoms with Crippen molar-refractivity contribution in [3.8, 4) is 0 Å². The minimum Gasteiger partial charge on any atom is -0.0988 e. The Balaban J connectivity index is 4.77. The van der Waals surface area contributed by atoms with Crippen LogP contribution in [0.25, 0.3) is 0 Å². The highest BCUT2D eigenvalue weighted by Gasteiger charge is 1.98. The molecule has 0 fully saturated rings. The molecular weight excluding hydrogens is 212 g/mol. The SMILES string of the molecule is C=C/C(C)=C/SC(=C)C(/C=C\C)=C/C(=C)C. The summed E-state index contributed by atoms with van der Waals surface area (Å²) in [7, 11) is 0. The molecule has 0 radical (unpaired) electrons. The van der Waals surface area contributed by atoms with E-state index >= 15 is 0 Å². The fraction of sp³-hybridized carbons (Fsp3) is 0.200. The fourth-order valence-corrected chi connectivity index (χ4v) is 1.63. The number of hydrogen-bond acceptors (Lipinski definition) is 1. The molecule has 0 aliphatic carbocycles. The van der Waals surface area contributed by atoms with Crippen molar-refractivity contribution < 1.29 is 0 Å². The second kappa shape index (κ2) is 8.00. The van der Waals surface area contributed by atoms with E-state index in [4.69, 9.17) is 0 Å². The lowest BCUT2D eigenvalue weighted by Crippen LogP contribution is -1.80. The molecule has 0 saturated heterocycles. The van der Waals surface area contributed by atoms with Gasteiger partial charge in [0.25, 0.3) is 0 Å². The molecule has 0 bridgehead atoms. The third-order valence-electron chi connectivity index (χ3n) is 1.78. The summed E-state index contributed by atoms with van der Waals surface area (Å²) in [6.45, 7) is 17.6. The van der Waals surface area contributed by atoms with Crippen molar-refractivity contribution in [2.45, 2.75) is 20.8 Å². The molecule has 0 unspecified atom stereocenters. The third kappa shape index (κ3) is 6.31. The highest BCUT2D eigenvalue weighted by molar-refractivity contribution is 8.06.